The fraction of sp³-hybridized carbons (Fsp3) is 0.350. The molecule has 0 heterocycles. The Morgan fingerprint density at radius 2 is 1.92 bits per heavy atom. The van der Waals surface area contributed by atoms with Gasteiger partial charge in [0.2, 0.25) is 5.91 Å². The summed E-state index contributed by atoms with van der Waals surface area (Å²) in [7, 11) is 0. The van der Waals surface area contributed by atoms with E-state index >= 15 is 0 Å². The predicted octanol–water partition coefficient (Wildman–Crippen LogP) is 4.32. The smallest absolute Gasteiger partial charge is 0.234 e. The van der Waals surface area contributed by atoms with Crippen LogP contribution < -0.4 is 5.32 Å². The molecule has 1 saturated carbocycles. The first-order chi connectivity index (χ1) is 12.0. The van der Waals surface area contributed by atoms with Crippen molar-refractivity contribution in [2.45, 2.75) is 38.4 Å². The second-order valence-electron chi connectivity index (χ2n) is 6.50. The first kappa shape index (κ1) is 17.9. The zero-order valence-electron chi connectivity index (χ0n) is 14.2. The molecule has 0 bridgehead atoms. The van der Waals surface area contributed by atoms with Crippen molar-refractivity contribution < 1.29 is 9.18 Å². The Morgan fingerprint density at radius 1 is 1.24 bits per heavy atom. The number of hydrogen-bond donors (Lipinski definition) is 1. The fourth-order valence-electron chi connectivity index (χ4n) is 3.01. The maximum Gasteiger partial charge on any atom is 0.234 e. The van der Waals surface area contributed by atoms with Gasteiger partial charge in [0.25, 0.3) is 0 Å². The van der Waals surface area contributed by atoms with Gasteiger partial charge in [0.1, 0.15) is 5.82 Å². The van der Waals surface area contributed by atoms with Gasteiger partial charge < -0.3 is 5.32 Å². The molecule has 3 nitrogen and oxygen atoms in total. The maximum atomic E-state index is 14.1. The summed E-state index contributed by atoms with van der Waals surface area (Å²) in [5, 5.41) is 3.61. The van der Waals surface area contributed by atoms with E-state index in [0.717, 1.165) is 18.4 Å². The molecule has 3 rings (SSSR count). The van der Waals surface area contributed by atoms with Crippen LogP contribution in [0.1, 0.15) is 36.9 Å². The van der Waals surface area contributed by atoms with Gasteiger partial charge in [0, 0.05) is 29.2 Å². The second kappa shape index (κ2) is 7.98. The van der Waals surface area contributed by atoms with Gasteiger partial charge in [0.15, 0.2) is 0 Å². The van der Waals surface area contributed by atoms with E-state index < -0.39 is 0 Å². The highest BCUT2D eigenvalue weighted by Crippen LogP contribution is 2.34. The van der Waals surface area contributed by atoms with Crippen molar-refractivity contribution in [1.82, 2.24) is 10.2 Å². The van der Waals surface area contributed by atoms with Crippen LogP contribution >= 0.6 is 11.6 Å². The third-order valence-electron chi connectivity index (χ3n) is 4.60. The molecule has 25 heavy (non-hydrogen) atoms. The molecule has 1 N–H and O–H groups in total. The van der Waals surface area contributed by atoms with Gasteiger partial charge in [-0.25, -0.2) is 4.39 Å². The lowest BCUT2D eigenvalue weighted by atomic mass is 10.1. The van der Waals surface area contributed by atoms with E-state index in [1.54, 1.807) is 24.3 Å². The van der Waals surface area contributed by atoms with Crippen LogP contribution in [0.25, 0.3) is 0 Å². The molecule has 0 aliphatic heterocycles. The van der Waals surface area contributed by atoms with Crippen LogP contribution in [-0.4, -0.2) is 23.4 Å². The average molecular weight is 361 g/mol. The first-order valence-electron chi connectivity index (χ1n) is 8.56. The average Bonchev–Trinajstić information content (AvgIpc) is 3.44. The number of carbonyl (C=O) groups excluding carboxylic acids is 1. The van der Waals surface area contributed by atoms with Crippen LogP contribution in [0.15, 0.2) is 48.5 Å². The summed E-state index contributed by atoms with van der Waals surface area (Å²) >= 11 is 5.87. The lowest BCUT2D eigenvalue weighted by Gasteiger charge is -2.29. The van der Waals surface area contributed by atoms with Crippen molar-refractivity contribution in [3.63, 3.8) is 0 Å². The number of benzene rings is 2. The van der Waals surface area contributed by atoms with Crippen molar-refractivity contribution >= 4 is 17.5 Å². The summed E-state index contributed by atoms with van der Waals surface area (Å²) in [6.07, 6.45) is 2.12. The quantitative estimate of drug-likeness (QED) is 0.797. The normalized spacial score (nSPS) is 15.2. The Labute approximate surface area is 152 Å². The molecule has 1 amide bonds. The van der Waals surface area contributed by atoms with E-state index in [-0.39, 0.29) is 24.3 Å². The lowest BCUT2D eigenvalue weighted by Crippen LogP contribution is -2.39. The van der Waals surface area contributed by atoms with Gasteiger partial charge in [0.05, 0.1) is 6.54 Å². The molecule has 132 valence electrons. The third-order valence-corrected chi connectivity index (χ3v) is 4.85. The van der Waals surface area contributed by atoms with E-state index in [4.69, 9.17) is 11.6 Å². The minimum absolute atomic E-state index is 0.0509. The molecule has 2 aromatic rings. The van der Waals surface area contributed by atoms with Crippen LogP contribution in [0.2, 0.25) is 5.02 Å². The zero-order valence-corrected chi connectivity index (χ0v) is 15.0. The van der Waals surface area contributed by atoms with Gasteiger partial charge in [-0.3, -0.25) is 9.69 Å². The minimum Gasteiger partial charge on any atom is -0.351 e. The Bertz CT molecular complexity index is 731. The van der Waals surface area contributed by atoms with Crippen molar-refractivity contribution in [1.29, 1.82) is 0 Å². The van der Waals surface area contributed by atoms with Crippen LogP contribution in [-0.2, 0) is 11.3 Å². The molecular formula is C20H22ClFN2O. The summed E-state index contributed by atoms with van der Waals surface area (Å²) in [5.74, 6) is -0.271. The van der Waals surface area contributed by atoms with Crippen LogP contribution in [0.4, 0.5) is 4.39 Å². The number of amides is 1. The zero-order chi connectivity index (χ0) is 17.8. The molecule has 0 radical (unpaired) electrons. The van der Waals surface area contributed by atoms with Crippen LogP contribution in [0, 0.1) is 5.82 Å². The Hall–Kier alpha value is -1.91. The number of halogens is 2. The number of carbonyl (C=O) groups is 1. The monoisotopic (exact) mass is 360 g/mol. The summed E-state index contributed by atoms with van der Waals surface area (Å²) in [4.78, 5) is 14.5. The lowest BCUT2D eigenvalue weighted by molar-refractivity contribution is -0.123. The van der Waals surface area contributed by atoms with Crippen molar-refractivity contribution in [2.24, 2.45) is 0 Å². The highest BCUT2D eigenvalue weighted by Gasteiger charge is 2.34. The summed E-state index contributed by atoms with van der Waals surface area (Å²) in [6.45, 7) is 2.69. The Balaban J connectivity index is 1.60. The Kier molecular flexibility index (Phi) is 5.71. The standard InChI is InChI=1S/C20H22ClFN2O/c1-14(18-4-2-3-5-19(18)22)24(17-10-11-17)13-20(25)23-12-15-6-8-16(21)9-7-15/h2-9,14,17H,10-13H2,1H3,(H,23,25)/t14-/m1/s1. The number of hydrogen-bond acceptors (Lipinski definition) is 2. The van der Waals surface area contributed by atoms with Crippen molar-refractivity contribution in [3.8, 4) is 0 Å². The molecule has 2 aromatic carbocycles. The SMILES string of the molecule is C[C@H](c1ccccc1F)N(CC(=O)NCc1ccc(Cl)cc1)C1CC1. The number of nitrogens with zero attached hydrogens (tertiary/aromatic N) is 1. The van der Waals surface area contributed by atoms with Crippen LogP contribution in [0.5, 0.6) is 0 Å². The maximum absolute atomic E-state index is 14.1. The van der Waals surface area contributed by atoms with Gasteiger partial charge in [-0.1, -0.05) is 41.9 Å². The highest BCUT2D eigenvalue weighted by atomic mass is 35.5. The topological polar surface area (TPSA) is 32.3 Å². The highest BCUT2D eigenvalue weighted by molar-refractivity contribution is 6.30. The van der Waals surface area contributed by atoms with E-state index in [2.05, 4.69) is 10.2 Å². The first-order valence-corrected chi connectivity index (χ1v) is 8.93. The van der Waals surface area contributed by atoms with Crippen molar-refractivity contribution in [2.75, 3.05) is 6.54 Å². The van der Waals surface area contributed by atoms with E-state index in [9.17, 15) is 9.18 Å². The van der Waals surface area contributed by atoms with E-state index in [1.165, 1.54) is 6.07 Å². The van der Waals surface area contributed by atoms with Gasteiger partial charge in [-0.05, 0) is 43.5 Å². The minimum atomic E-state index is -0.220. The molecule has 1 aliphatic carbocycles. The summed E-state index contributed by atoms with van der Waals surface area (Å²) in [6, 6.07) is 14.4. The molecule has 0 aromatic heterocycles. The van der Waals surface area contributed by atoms with Gasteiger partial charge >= 0.3 is 0 Å². The summed E-state index contributed by atoms with van der Waals surface area (Å²) < 4.78 is 14.1. The van der Waals surface area contributed by atoms with E-state index in [1.807, 2.05) is 25.1 Å². The van der Waals surface area contributed by atoms with Crippen molar-refractivity contribution in [3.05, 3.63) is 70.5 Å². The summed E-state index contributed by atoms with van der Waals surface area (Å²) in [5.41, 5.74) is 1.64. The van der Waals surface area contributed by atoms with Gasteiger partial charge in [-0.15, -0.1) is 0 Å². The van der Waals surface area contributed by atoms with Gasteiger partial charge in [-0.2, -0.15) is 0 Å². The Morgan fingerprint density at radius 3 is 2.56 bits per heavy atom. The second-order valence-corrected chi connectivity index (χ2v) is 6.94. The number of nitrogens with one attached hydrogen (secondary N) is 1. The molecule has 0 spiro atoms. The molecule has 1 aliphatic rings. The molecule has 1 fully saturated rings. The molecular weight excluding hydrogens is 339 g/mol. The molecule has 0 saturated heterocycles. The largest absolute Gasteiger partial charge is 0.351 e. The molecule has 0 unspecified atom stereocenters. The van der Waals surface area contributed by atoms with E-state index in [0.29, 0.717) is 23.2 Å². The number of rotatable bonds is 7. The third kappa shape index (κ3) is 4.80. The fourth-order valence-corrected chi connectivity index (χ4v) is 3.13. The molecule has 1 atom stereocenters. The predicted molar refractivity (Wildman–Crippen MR) is 97.8 cm³/mol. The van der Waals surface area contributed by atoms with Crippen LogP contribution in [0.3, 0.4) is 0 Å². The molecule has 5 heteroatoms.